The summed E-state index contributed by atoms with van der Waals surface area (Å²) in [5.41, 5.74) is 2.25. The van der Waals surface area contributed by atoms with Gasteiger partial charge in [-0.15, -0.1) is 0 Å². The summed E-state index contributed by atoms with van der Waals surface area (Å²) < 4.78 is 5.54. The number of ether oxygens (including phenoxy) is 1. The topological polar surface area (TPSA) is 62.6 Å². The first-order chi connectivity index (χ1) is 8.75. The summed E-state index contributed by atoms with van der Waals surface area (Å²) in [5.74, 6) is 0. The number of hydrogen-bond donors (Lipinski definition) is 2. The summed E-state index contributed by atoms with van der Waals surface area (Å²) in [6, 6.07) is 13.3. The fraction of sp³-hybridized carbons (Fsp3) is 0.154. The maximum absolute atomic E-state index is 8.90. The van der Waals surface area contributed by atoms with Gasteiger partial charge < -0.3 is 14.8 Å². The van der Waals surface area contributed by atoms with Crippen molar-refractivity contribution in [2.45, 2.75) is 13.2 Å². The molecule has 0 fully saturated rings. The molecule has 0 saturated carbocycles. The molecule has 0 aliphatic carbocycles. The molecule has 92 valence electrons. The van der Waals surface area contributed by atoms with Crippen LogP contribution in [0.25, 0.3) is 0 Å². The Kier molecular flexibility index (Phi) is 4.47. The van der Waals surface area contributed by atoms with Gasteiger partial charge in [0.15, 0.2) is 0 Å². The molecule has 0 aliphatic heterocycles. The summed E-state index contributed by atoms with van der Waals surface area (Å²) in [5, 5.41) is 17.8. The molecule has 0 aliphatic rings. The molecular formula is C13H14BNO3. The molecule has 1 aromatic carbocycles. The van der Waals surface area contributed by atoms with Gasteiger partial charge in [0.1, 0.15) is 0 Å². The van der Waals surface area contributed by atoms with Crippen LogP contribution in [0.5, 0.6) is 0 Å². The van der Waals surface area contributed by atoms with Gasteiger partial charge in [-0.3, -0.25) is 4.98 Å². The Bertz CT molecular complexity index is 473. The van der Waals surface area contributed by atoms with E-state index in [4.69, 9.17) is 14.8 Å². The van der Waals surface area contributed by atoms with Gasteiger partial charge in [-0.05, 0) is 17.2 Å². The summed E-state index contributed by atoms with van der Waals surface area (Å²) in [6.07, 6.45) is 1.58. The number of rotatable bonds is 5. The van der Waals surface area contributed by atoms with Crippen LogP contribution in [0.3, 0.4) is 0 Å². The summed E-state index contributed by atoms with van der Waals surface area (Å²) in [7, 11) is -1.52. The third-order valence-electron chi connectivity index (χ3n) is 2.49. The lowest BCUT2D eigenvalue weighted by molar-refractivity contribution is 0.107. The normalized spacial score (nSPS) is 10.3. The predicted molar refractivity (Wildman–Crippen MR) is 69.0 cm³/mol. The fourth-order valence-corrected chi connectivity index (χ4v) is 1.54. The lowest BCUT2D eigenvalue weighted by Crippen LogP contribution is -2.32. The van der Waals surface area contributed by atoms with Crippen LogP contribution in [0.2, 0.25) is 0 Å². The molecule has 5 heteroatoms. The van der Waals surface area contributed by atoms with Crippen molar-refractivity contribution in [3.05, 3.63) is 59.8 Å². The highest BCUT2D eigenvalue weighted by atomic mass is 16.5. The predicted octanol–water partition coefficient (Wildman–Crippen LogP) is 0.478. The Balaban J connectivity index is 1.83. The maximum Gasteiger partial charge on any atom is 0.508 e. The van der Waals surface area contributed by atoms with E-state index in [1.165, 1.54) is 0 Å². The van der Waals surface area contributed by atoms with Crippen molar-refractivity contribution >= 4 is 12.7 Å². The zero-order chi connectivity index (χ0) is 12.8. The average Bonchev–Trinajstić information content (AvgIpc) is 2.40. The van der Waals surface area contributed by atoms with E-state index in [-0.39, 0.29) is 5.59 Å². The first-order valence-corrected chi connectivity index (χ1v) is 5.68. The second-order valence-corrected chi connectivity index (χ2v) is 3.94. The van der Waals surface area contributed by atoms with Crippen LogP contribution in [0.4, 0.5) is 0 Å². The van der Waals surface area contributed by atoms with Gasteiger partial charge in [0.25, 0.3) is 0 Å². The summed E-state index contributed by atoms with van der Waals surface area (Å²) in [6.45, 7) is 0.995. The molecule has 0 unspecified atom stereocenters. The van der Waals surface area contributed by atoms with E-state index in [2.05, 4.69) is 4.98 Å². The molecule has 0 saturated heterocycles. The molecule has 1 aromatic heterocycles. The number of benzene rings is 1. The van der Waals surface area contributed by atoms with Crippen molar-refractivity contribution in [2.75, 3.05) is 0 Å². The van der Waals surface area contributed by atoms with Gasteiger partial charge in [-0.25, -0.2) is 0 Å². The van der Waals surface area contributed by atoms with Crippen molar-refractivity contribution in [1.82, 2.24) is 4.98 Å². The van der Waals surface area contributed by atoms with Gasteiger partial charge in [0.05, 0.1) is 18.8 Å². The van der Waals surface area contributed by atoms with Crippen LogP contribution in [-0.2, 0) is 18.0 Å². The molecule has 0 spiro atoms. The van der Waals surface area contributed by atoms with Crippen LogP contribution >= 0.6 is 0 Å². The molecule has 4 nitrogen and oxygen atoms in total. The number of hydrogen-bond acceptors (Lipinski definition) is 4. The first kappa shape index (κ1) is 12.8. The second-order valence-electron chi connectivity index (χ2n) is 3.94. The van der Waals surface area contributed by atoms with Gasteiger partial charge in [0.2, 0.25) is 0 Å². The quantitative estimate of drug-likeness (QED) is 0.749. The highest BCUT2D eigenvalue weighted by molar-refractivity contribution is 6.57. The van der Waals surface area contributed by atoms with Crippen LogP contribution in [0.15, 0.2) is 48.7 Å². The first-order valence-electron chi connectivity index (χ1n) is 5.68. The second kappa shape index (κ2) is 6.30. The average molecular weight is 243 g/mol. The fourth-order valence-electron chi connectivity index (χ4n) is 1.54. The van der Waals surface area contributed by atoms with E-state index >= 15 is 0 Å². The highest BCUT2D eigenvalue weighted by Gasteiger charge is 2.11. The van der Waals surface area contributed by atoms with Crippen molar-refractivity contribution in [3.63, 3.8) is 0 Å². The van der Waals surface area contributed by atoms with E-state index in [9.17, 15) is 0 Å². The van der Waals surface area contributed by atoms with E-state index in [0.29, 0.717) is 13.2 Å². The minimum absolute atomic E-state index is 0.238. The molecule has 0 radical (unpaired) electrons. The minimum atomic E-state index is -1.52. The molecule has 18 heavy (non-hydrogen) atoms. The van der Waals surface area contributed by atoms with Gasteiger partial charge >= 0.3 is 7.12 Å². The van der Waals surface area contributed by atoms with Crippen molar-refractivity contribution in [3.8, 4) is 0 Å². The molecular weight excluding hydrogens is 229 g/mol. The molecule has 0 amide bonds. The standard InChI is InChI=1S/C13H14BNO3/c16-14(17)13-7-6-12(8-15-13)10-18-9-11-4-2-1-3-5-11/h1-8,16-17H,9-10H2. The molecule has 2 aromatic rings. The summed E-state index contributed by atoms with van der Waals surface area (Å²) >= 11 is 0. The monoisotopic (exact) mass is 243 g/mol. The largest absolute Gasteiger partial charge is 0.508 e. The maximum atomic E-state index is 8.90. The molecule has 0 bridgehead atoms. The Morgan fingerprint density at radius 3 is 2.28 bits per heavy atom. The van der Waals surface area contributed by atoms with Crippen molar-refractivity contribution in [1.29, 1.82) is 0 Å². The van der Waals surface area contributed by atoms with Crippen molar-refractivity contribution < 1.29 is 14.8 Å². The summed E-state index contributed by atoms with van der Waals surface area (Å²) in [4.78, 5) is 3.92. The smallest absolute Gasteiger partial charge is 0.422 e. The molecule has 2 N–H and O–H groups in total. The van der Waals surface area contributed by atoms with Gasteiger partial charge in [-0.1, -0.05) is 36.4 Å². The van der Waals surface area contributed by atoms with Crippen LogP contribution in [0, 0.1) is 0 Å². The Hall–Kier alpha value is -1.69. The van der Waals surface area contributed by atoms with E-state index < -0.39 is 7.12 Å². The Morgan fingerprint density at radius 1 is 0.944 bits per heavy atom. The Morgan fingerprint density at radius 2 is 1.67 bits per heavy atom. The van der Waals surface area contributed by atoms with E-state index in [1.807, 2.05) is 30.3 Å². The third-order valence-corrected chi connectivity index (χ3v) is 2.49. The zero-order valence-electron chi connectivity index (χ0n) is 9.86. The number of pyridine rings is 1. The number of aromatic nitrogens is 1. The Labute approximate surface area is 106 Å². The molecule has 2 rings (SSSR count). The van der Waals surface area contributed by atoms with Crippen molar-refractivity contribution in [2.24, 2.45) is 0 Å². The van der Waals surface area contributed by atoms with Gasteiger partial charge in [-0.2, -0.15) is 0 Å². The third kappa shape index (κ3) is 3.66. The highest BCUT2D eigenvalue weighted by Crippen LogP contribution is 2.04. The van der Waals surface area contributed by atoms with E-state index in [1.54, 1.807) is 18.3 Å². The van der Waals surface area contributed by atoms with E-state index in [0.717, 1.165) is 11.1 Å². The molecule has 1 heterocycles. The van der Waals surface area contributed by atoms with Crippen LogP contribution < -0.4 is 5.59 Å². The molecule has 0 atom stereocenters. The van der Waals surface area contributed by atoms with Crippen LogP contribution in [0.1, 0.15) is 11.1 Å². The number of nitrogens with zero attached hydrogens (tertiary/aromatic N) is 1. The lowest BCUT2D eigenvalue weighted by Gasteiger charge is -2.05. The lowest BCUT2D eigenvalue weighted by atomic mass is 9.85. The van der Waals surface area contributed by atoms with Crippen LogP contribution in [-0.4, -0.2) is 22.2 Å². The minimum Gasteiger partial charge on any atom is -0.422 e. The zero-order valence-corrected chi connectivity index (χ0v) is 9.86. The van der Waals surface area contributed by atoms with Gasteiger partial charge in [0, 0.05) is 6.20 Å². The SMILES string of the molecule is OB(O)c1ccc(COCc2ccccc2)cn1.